The van der Waals surface area contributed by atoms with Crippen molar-refractivity contribution in [2.24, 2.45) is 0 Å². The van der Waals surface area contributed by atoms with Gasteiger partial charge in [-0.2, -0.15) is 0 Å². The topological polar surface area (TPSA) is 55.6 Å². The van der Waals surface area contributed by atoms with Crippen LogP contribution in [-0.2, 0) is 0 Å². The molecule has 0 radical (unpaired) electrons. The lowest BCUT2D eigenvalue weighted by atomic mass is 10.3. The number of amides is 1. The third-order valence-electron chi connectivity index (χ3n) is 3.35. The Labute approximate surface area is 132 Å². The van der Waals surface area contributed by atoms with Crippen molar-refractivity contribution in [2.75, 3.05) is 12.4 Å². The average molecular weight is 316 g/mol. The van der Waals surface area contributed by atoms with E-state index in [1.165, 1.54) is 0 Å². The van der Waals surface area contributed by atoms with Gasteiger partial charge < -0.3 is 10.1 Å². The number of ether oxygens (including phenoxy) is 1. The molecule has 112 valence electrons. The van der Waals surface area contributed by atoms with Crippen LogP contribution in [0.25, 0.3) is 5.65 Å². The zero-order valence-corrected chi connectivity index (χ0v) is 12.9. The summed E-state index contributed by atoms with van der Waals surface area (Å²) in [5.41, 5.74) is 2.24. The number of pyridine rings is 1. The summed E-state index contributed by atoms with van der Waals surface area (Å²) < 4.78 is 6.99. The number of halogens is 1. The van der Waals surface area contributed by atoms with Crippen LogP contribution in [0.15, 0.2) is 42.6 Å². The summed E-state index contributed by atoms with van der Waals surface area (Å²) in [5, 5.41) is 3.30. The molecule has 0 aliphatic carbocycles. The Bertz CT molecular complexity index is 858. The van der Waals surface area contributed by atoms with Gasteiger partial charge in [-0.1, -0.05) is 23.7 Å². The second kappa shape index (κ2) is 5.69. The highest BCUT2D eigenvalue weighted by Gasteiger charge is 2.19. The normalized spacial score (nSPS) is 10.7. The zero-order chi connectivity index (χ0) is 15.7. The number of aromatic nitrogens is 2. The minimum atomic E-state index is -0.272. The fourth-order valence-electron chi connectivity index (χ4n) is 2.33. The number of hydrogen-bond donors (Lipinski definition) is 1. The number of aryl methyl sites for hydroxylation is 1. The van der Waals surface area contributed by atoms with Crippen molar-refractivity contribution < 1.29 is 9.53 Å². The molecule has 0 atom stereocenters. The molecule has 3 rings (SSSR count). The molecule has 0 unspecified atom stereocenters. The van der Waals surface area contributed by atoms with E-state index < -0.39 is 0 Å². The van der Waals surface area contributed by atoms with Crippen LogP contribution in [0.2, 0.25) is 5.02 Å². The lowest BCUT2D eigenvalue weighted by Crippen LogP contribution is -2.15. The minimum absolute atomic E-state index is 0.272. The molecule has 0 saturated carbocycles. The van der Waals surface area contributed by atoms with E-state index in [-0.39, 0.29) is 5.91 Å². The quantitative estimate of drug-likeness (QED) is 0.804. The van der Waals surface area contributed by atoms with Gasteiger partial charge in [-0.05, 0) is 31.2 Å². The number of anilines is 1. The number of para-hydroxylation sites is 1. The predicted molar refractivity (Wildman–Crippen MR) is 85.9 cm³/mol. The van der Waals surface area contributed by atoms with Crippen LogP contribution in [0.1, 0.15) is 16.2 Å². The first kappa shape index (κ1) is 14.4. The van der Waals surface area contributed by atoms with Gasteiger partial charge in [0.15, 0.2) is 11.4 Å². The summed E-state index contributed by atoms with van der Waals surface area (Å²) in [7, 11) is 1.57. The summed E-state index contributed by atoms with van der Waals surface area (Å²) in [6, 6.07) is 10.7. The first-order valence-corrected chi connectivity index (χ1v) is 7.07. The van der Waals surface area contributed by atoms with Crippen LogP contribution >= 0.6 is 11.6 Å². The van der Waals surface area contributed by atoms with Gasteiger partial charge in [-0.3, -0.25) is 9.20 Å². The lowest BCUT2D eigenvalue weighted by Gasteiger charge is -2.08. The predicted octanol–water partition coefficient (Wildman–Crippen LogP) is 3.56. The molecule has 0 bridgehead atoms. The molecule has 6 heteroatoms. The van der Waals surface area contributed by atoms with Gasteiger partial charge >= 0.3 is 0 Å². The van der Waals surface area contributed by atoms with Crippen molar-refractivity contribution in [3.8, 4) is 5.75 Å². The maximum Gasteiger partial charge on any atom is 0.274 e. The SMILES string of the molecule is COc1cccn2c(C(=O)Nc3ccccc3Cl)c(C)nc12. The Kier molecular flexibility index (Phi) is 3.73. The molecule has 2 heterocycles. The average Bonchev–Trinajstić information content (AvgIpc) is 2.85. The molecule has 0 aliphatic heterocycles. The standard InChI is InChI=1S/C16H14ClN3O2/c1-10-14(16(21)19-12-7-4-3-6-11(12)17)20-9-5-8-13(22-2)15(20)18-10/h3-9H,1-2H3,(H,19,21). The summed E-state index contributed by atoms with van der Waals surface area (Å²) in [6.45, 7) is 1.79. The van der Waals surface area contributed by atoms with Crippen LogP contribution in [0.5, 0.6) is 5.75 Å². The lowest BCUT2D eigenvalue weighted by molar-refractivity contribution is 0.102. The van der Waals surface area contributed by atoms with Crippen LogP contribution in [-0.4, -0.2) is 22.4 Å². The van der Waals surface area contributed by atoms with E-state index in [9.17, 15) is 4.79 Å². The summed E-state index contributed by atoms with van der Waals surface area (Å²) in [6.07, 6.45) is 1.78. The Morgan fingerprint density at radius 3 is 2.77 bits per heavy atom. The van der Waals surface area contributed by atoms with Crippen molar-refractivity contribution in [3.05, 3.63) is 59.0 Å². The van der Waals surface area contributed by atoms with E-state index in [1.807, 2.05) is 12.1 Å². The van der Waals surface area contributed by atoms with E-state index in [0.29, 0.717) is 33.5 Å². The second-order valence-electron chi connectivity index (χ2n) is 4.75. The van der Waals surface area contributed by atoms with Crippen molar-refractivity contribution >= 4 is 28.8 Å². The van der Waals surface area contributed by atoms with Crippen LogP contribution in [0, 0.1) is 6.92 Å². The van der Waals surface area contributed by atoms with Gasteiger partial charge in [-0.25, -0.2) is 4.98 Å². The zero-order valence-electron chi connectivity index (χ0n) is 12.1. The van der Waals surface area contributed by atoms with Gasteiger partial charge in [0.25, 0.3) is 5.91 Å². The molecular weight excluding hydrogens is 302 g/mol. The monoisotopic (exact) mass is 315 g/mol. The molecule has 0 aliphatic rings. The van der Waals surface area contributed by atoms with Gasteiger partial charge in [0.1, 0.15) is 5.69 Å². The number of hydrogen-bond acceptors (Lipinski definition) is 3. The number of nitrogens with zero attached hydrogens (tertiary/aromatic N) is 2. The van der Waals surface area contributed by atoms with Crippen LogP contribution in [0.3, 0.4) is 0 Å². The molecule has 0 spiro atoms. The fraction of sp³-hybridized carbons (Fsp3) is 0.125. The van der Waals surface area contributed by atoms with E-state index >= 15 is 0 Å². The molecular formula is C16H14ClN3O2. The summed E-state index contributed by atoms with van der Waals surface area (Å²) in [5.74, 6) is 0.341. The van der Waals surface area contributed by atoms with Crippen LogP contribution in [0.4, 0.5) is 5.69 Å². The molecule has 1 N–H and O–H groups in total. The molecule has 1 aromatic carbocycles. The number of carbonyl (C=O) groups excluding carboxylic acids is 1. The maximum absolute atomic E-state index is 12.6. The number of nitrogens with one attached hydrogen (secondary N) is 1. The Hall–Kier alpha value is -2.53. The molecule has 22 heavy (non-hydrogen) atoms. The van der Waals surface area contributed by atoms with E-state index in [1.54, 1.807) is 48.9 Å². The van der Waals surface area contributed by atoms with Gasteiger partial charge in [-0.15, -0.1) is 0 Å². The molecule has 5 nitrogen and oxygen atoms in total. The highest BCUT2D eigenvalue weighted by Crippen LogP contribution is 2.24. The summed E-state index contributed by atoms with van der Waals surface area (Å²) >= 11 is 6.08. The van der Waals surface area contributed by atoms with Gasteiger partial charge in [0.2, 0.25) is 0 Å². The van der Waals surface area contributed by atoms with E-state index in [0.717, 1.165) is 0 Å². The molecule has 3 aromatic rings. The Morgan fingerprint density at radius 1 is 1.27 bits per heavy atom. The molecule has 1 amide bonds. The Balaban J connectivity index is 2.05. The largest absolute Gasteiger partial charge is 0.493 e. The van der Waals surface area contributed by atoms with Gasteiger partial charge in [0, 0.05) is 6.20 Å². The smallest absolute Gasteiger partial charge is 0.274 e. The van der Waals surface area contributed by atoms with Gasteiger partial charge in [0.05, 0.1) is 23.5 Å². The number of fused-ring (bicyclic) bond motifs is 1. The van der Waals surface area contributed by atoms with E-state index in [2.05, 4.69) is 10.3 Å². The number of imidazole rings is 1. The molecule has 0 fully saturated rings. The third kappa shape index (κ3) is 2.40. The first-order chi connectivity index (χ1) is 10.6. The number of benzene rings is 1. The molecule has 0 saturated heterocycles. The number of rotatable bonds is 3. The molecule has 2 aromatic heterocycles. The van der Waals surface area contributed by atoms with E-state index in [4.69, 9.17) is 16.3 Å². The number of methoxy groups -OCH3 is 1. The fourth-order valence-corrected chi connectivity index (χ4v) is 2.52. The summed E-state index contributed by atoms with van der Waals surface area (Å²) in [4.78, 5) is 17.0. The second-order valence-corrected chi connectivity index (χ2v) is 5.16. The Morgan fingerprint density at radius 2 is 2.05 bits per heavy atom. The van der Waals surface area contributed by atoms with Crippen molar-refractivity contribution in [3.63, 3.8) is 0 Å². The number of carbonyl (C=O) groups is 1. The highest BCUT2D eigenvalue weighted by atomic mass is 35.5. The maximum atomic E-state index is 12.6. The highest BCUT2D eigenvalue weighted by molar-refractivity contribution is 6.33. The first-order valence-electron chi connectivity index (χ1n) is 6.69. The minimum Gasteiger partial charge on any atom is -0.493 e. The van der Waals surface area contributed by atoms with Crippen molar-refractivity contribution in [1.82, 2.24) is 9.38 Å². The van der Waals surface area contributed by atoms with Crippen molar-refractivity contribution in [2.45, 2.75) is 6.92 Å². The third-order valence-corrected chi connectivity index (χ3v) is 3.68. The van der Waals surface area contributed by atoms with Crippen molar-refractivity contribution in [1.29, 1.82) is 0 Å². The van der Waals surface area contributed by atoms with Crippen LogP contribution < -0.4 is 10.1 Å².